The second kappa shape index (κ2) is 3.21. The number of rotatable bonds is 1. The summed E-state index contributed by atoms with van der Waals surface area (Å²) in [5.41, 5.74) is -0.257. The first kappa shape index (κ1) is 10.9. The first-order chi connectivity index (χ1) is 6.82. The Balaban J connectivity index is 2.18. The van der Waals surface area contributed by atoms with E-state index in [0.29, 0.717) is 5.92 Å². The van der Waals surface area contributed by atoms with Crippen LogP contribution in [0.2, 0.25) is 0 Å². The van der Waals surface area contributed by atoms with Gasteiger partial charge in [0.25, 0.3) is 0 Å². The number of hydrogen-bond acceptors (Lipinski definition) is 2. The molecule has 2 aliphatic heterocycles. The molecule has 3 heteroatoms. The van der Waals surface area contributed by atoms with Gasteiger partial charge in [-0.2, -0.15) is 0 Å². The number of carbonyl (C=O) groups is 1. The van der Waals surface area contributed by atoms with E-state index in [4.69, 9.17) is 4.74 Å². The van der Waals surface area contributed by atoms with Crippen molar-refractivity contribution in [1.29, 1.82) is 0 Å². The highest BCUT2D eigenvalue weighted by Crippen LogP contribution is 2.47. The Morgan fingerprint density at radius 2 is 2.00 bits per heavy atom. The van der Waals surface area contributed by atoms with Crippen LogP contribution in [0.3, 0.4) is 0 Å². The predicted molar refractivity (Wildman–Crippen MR) is 58.5 cm³/mol. The van der Waals surface area contributed by atoms with Crippen molar-refractivity contribution in [2.24, 2.45) is 11.8 Å². The molecule has 15 heavy (non-hydrogen) atoms. The van der Waals surface area contributed by atoms with Gasteiger partial charge in [-0.05, 0) is 40.5 Å². The molecule has 0 saturated carbocycles. The number of nitrogens with one attached hydrogen (secondary N) is 1. The minimum atomic E-state index is -0.171. The SMILES string of the molecule is CC1(C)CC(C2CCNC2=O)C(C)(C)O1. The summed E-state index contributed by atoms with van der Waals surface area (Å²) in [6, 6.07) is 0. The van der Waals surface area contributed by atoms with Crippen LogP contribution in [0.4, 0.5) is 0 Å². The lowest BCUT2D eigenvalue weighted by Crippen LogP contribution is -2.36. The molecule has 1 N–H and O–H groups in total. The summed E-state index contributed by atoms with van der Waals surface area (Å²) in [5.74, 6) is 0.728. The normalized spacial score (nSPS) is 38.0. The van der Waals surface area contributed by atoms with Crippen molar-refractivity contribution in [3.8, 4) is 0 Å². The van der Waals surface area contributed by atoms with E-state index in [0.717, 1.165) is 19.4 Å². The minimum absolute atomic E-state index is 0.0863. The van der Waals surface area contributed by atoms with Crippen molar-refractivity contribution >= 4 is 5.91 Å². The highest BCUT2D eigenvalue weighted by Gasteiger charge is 2.51. The van der Waals surface area contributed by atoms with E-state index in [1.165, 1.54) is 0 Å². The maximum Gasteiger partial charge on any atom is 0.223 e. The lowest BCUT2D eigenvalue weighted by molar-refractivity contribution is -0.127. The molecular formula is C12H21NO2. The van der Waals surface area contributed by atoms with Crippen LogP contribution < -0.4 is 5.32 Å². The second-order valence-corrected chi connectivity index (χ2v) is 5.96. The topological polar surface area (TPSA) is 38.3 Å². The molecule has 3 nitrogen and oxygen atoms in total. The van der Waals surface area contributed by atoms with Crippen LogP contribution in [0.5, 0.6) is 0 Å². The van der Waals surface area contributed by atoms with Gasteiger partial charge in [0.15, 0.2) is 0 Å². The van der Waals surface area contributed by atoms with Crippen molar-refractivity contribution in [2.75, 3.05) is 6.54 Å². The van der Waals surface area contributed by atoms with E-state index in [1.54, 1.807) is 0 Å². The van der Waals surface area contributed by atoms with Crippen molar-refractivity contribution in [3.63, 3.8) is 0 Å². The zero-order valence-corrected chi connectivity index (χ0v) is 10.1. The Labute approximate surface area is 91.6 Å². The number of hydrogen-bond donors (Lipinski definition) is 1. The Bertz CT molecular complexity index is 283. The molecule has 0 aromatic heterocycles. The van der Waals surface area contributed by atoms with Gasteiger partial charge in [-0.1, -0.05) is 0 Å². The Morgan fingerprint density at radius 3 is 2.40 bits per heavy atom. The number of ether oxygens (including phenoxy) is 1. The third-order valence-electron chi connectivity index (χ3n) is 3.72. The van der Waals surface area contributed by atoms with Gasteiger partial charge in [0, 0.05) is 18.4 Å². The largest absolute Gasteiger partial charge is 0.369 e. The predicted octanol–water partition coefficient (Wildman–Crippen LogP) is 1.72. The van der Waals surface area contributed by atoms with Gasteiger partial charge in [-0.3, -0.25) is 4.79 Å². The van der Waals surface area contributed by atoms with E-state index in [9.17, 15) is 4.79 Å². The molecule has 0 aromatic carbocycles. The summed E-state index contributed by atoms with van der Waals surface area (Å²) < 4.78 is 6.03. The molecule has 2 unspecified atom stereocenters. The van der Waals surface area contributed by atoms with Crippen molar-refractivity contribution < 1.29 is 9.53 Å². The summed E-state index contributed by atoms with van der Waals surface area (Å²) in [7, 11) is 0. The number of carbonyl (C=O) groups excluding carboxylic acids is 1. The smallest absolute Gasteiger partial charge is 0.223 e. The van der Waals surface area contributed by atoms with Crippen LogP contribution in [0, 0.1) is 11.8 Å². The quantitative estimate of drug-likeness (QED) is 0.717. The molecule has 0 aromatic rings. The summed E-state index contributed by atoms with van der Waals surface area (Å²) >= 11 is 0. The molecule has 2 saturated heterocycles. The summed E-state index contributed by atoms with van der Waals surface area (Å²) in [5, 5.41) is 2.92. The Hall–Kier alpha value is -0.570. The van der Waals surface area contributed by atoms with Crippen molar-refractivity contribution in [2.45, 2.75) is 51.7 Å². The minimum Gasteiger partial charge on any atom is -0.369 e. The molecule has 2 fully saturated rings. The van der Waals surface area contributed by atoms with Crippen molar-refractivity contribution in [3.05, 3.63) is 0 Å². The van der Waals surface area contributed by atoms with Crippen LogP contribution in [0.25, 0.3) is 0 Å². The van der Waals surface area contributed by atoms with Crippen LogP contribution in [-0.4, -0.2) is 23.7 Å². The summed E-state index contributed by atoms with van der Waals surface area (Å²) in [6.07, 6.45) is 1.95. The van der Waals surface area contributed by atoms with E-state index in [-0.39, 0.29) is 23.0 Å². The lowest BCUT2D eigenvalue weighted by Gasteiger charge is -2.29. The zero-order valence-electron chi connectivity index (χ0n) is 10.1. The van der Waals surface area contributed by atoms with Gasteiger partial charge < -0.3 is 10.1 Å². The van der Waals surface area contributed by atoms with Gasteiger partial charge in [-0.25, -0.2) is 0 Å². The zero-order chi connectivity index (χ0) is 11.3. The maximum atomic E-state index is 11.7. The van der Waals surface area contributed by atoms with E-state index < -0.39 is 0 Å². The highest BCUT2D eigenvalue weighted by atomic mass is 16.5. The molecule has 2 aliphatic rings. The van der Waals surface area contributed by atoms with Crippen LogP contribution >= 0.6 is 0 Å². The molecule has 0 bridgehead atoms. The third-order valence-corrected chi connectivity index (χ3v) is 3.72. The fraction of sp³-hybridized carbons (Fsp3) is 0.917. The van der Waals surface area contributed by atoms with Gasteiger partial charge >= 0.3 is 0 Å². The average molecular weight is 211 g/mol. The van der Waals surface area contributed by atoms with E-state index in [2.05, 4.69) is 33.0 Å². The molecule has 1 amide bonds. The van der Waals surface area contributed by atoms with Gasteiger partial charge in [-0.15, -0.1) is 0 Å². The second-order valence-electron chi connectivity index (χ2n) is 5.96. The van der Waals surface area contributed by atoms with Gasteiger partial charge in [0.1, 0.15) is 0 Å². The summed E-state index contributed by atoms with van der Waals surface area (Å²) in [6.45, 7) is 9.27. The lowest BCUT2D eigenvalue weighted by atomic mass is 9.77. The molecule has 2 heterocycles. The fourth-order valence-corrected chi connectivity index (χ4v) is 3.23. The monoisotopic (exact) mass is 211 g/mol. The average Bonchev–Trinajstić information content (AvgIpc) is 2.52. The molecular weight excluding hydrogens is 190 g/mol. The first-order valence-electron chi connectivity index (χ1n) is 5.80. The van der Waals surface area contributed by atoms with E-state index >= 15 is 0 Å². The van der Waals surface area contributed by atoms with Gasteiger partial charge in [0.2, 0.25) is 5.91 Å². The standard InChI is InChI=1S/C12H21NO2/c1-11(2)7-9(12(3,4)15-11)8-5-6-13-10(8)14/h8-9H,5-7H2,1-4H3,(H,13,14). The molecule has 2 rings (SSSR count). The molecule has 0 radical (unpaired) electrons. The third kappa shape index (κ3) is 1.89. The van der Waals surface area contributed by atoms with Crippen LogP contribution in [-0.2, 0) is 9.53 Å². The Kier molecular flexibility index (Phi) is 2.34. The Morgan fingerprint density at radius 1 is 1.33 bits per heavy atom. The fourth-order valence-electron chi connectivity index (χ4n) is 3.23. The molecule has 2 atom stereocenters. The van der Waals surface area contributed by atoms with Crippen molar-refractivity contribution in [1.82, 2.24) is 5.32 Å². The molecule has 0 aliphatic carbocycles. The number of amides is 1. The maximum absolute atomic E-state index is 11.7. The van der Waals surface area contributed by atoms with Gasteiger partial charge in [0.05, 0.1) is 11.2 Å². The molecule has 0 spiro atoms. The highest BCUT2D eigenvalue weighted by molar-refractivity contribution is 5.81. The van der Waals surface area contributed by atoms with Crippen LogP contribution in [0.15, 0.2) is 0 Å². The summed E-state index contributed by atoms with van der Waals surface area (Å²) in [4.78, 5) is 11.7. The first-order valence-corrected chi connectivity index (χ1v) is 5.80. The van der Waals surface area contributed by atoms with Crippen LogP contribution in [0.1, 0.15) is 40.5 Å². The van der Waals surface area contributed by atoms with E-state index in [1.807, 2.05) is 0 Å². The molecule has 86 valence electrons.